The summed E-state index contributed by atoms with van der Waals surface area (Å²) in [6, 6.07) is 13.8. The van der Waals surface area contributed by atoms with E-state index in [9.17, 15) is 9.90 Å². The van der Waals surface area contributed by atoms with Gasteiger partial charge in [-0.25, -0.2) is 14.6 Å². The van der Waals surface area contributed by atoms with Crippen LogP contribution in [-0.2, 0) is 13.0 Å². The number of pyridine rings is 1. The average molecular weight is 495 g/mol. The Morgan fingerprint density at radius 1 is 1.08 bits per heavy atom. The fourth-order valence-corrected chi connectivity index (χ4v) is 5.79. The maximum absolute atomic E-state index is 13.8. The number of aromatic nitrogens is 5. The number of nitrogens with zero attached hydrogens (tertiary/aromatic N) is 5. The molecule has 6 rings (SSSR count). The third kappa shape index (κ3) is 3.84. The van der Waals surface area contributed by atoms with Crippen molar-refractivity contribution in [3.8, 4) is 17.0 Å². The predicted molar refractivity (Wildman–Crippen MR) is 146 cm³/mol. The molecular weight excluding hydrogens is 464 g/mol. The van der Waals surface area contributed by atoms with E-state index in [0.29, 0.717) is 29.1 Å². The van der Waals surface area contributed by atoms with Crippen molar-refractivity contribution in [2.45, 2.75) is 58.5 Å². The smallest absolute Gasteiger partial charge is 0.259 e. The van der Waals surface area contributed by atoms with Crippen LogP contribution in [0.25, 0.3) is 33.1 Å². The number of fused-ring (bicyclic) bond motifs is 2. The Bertz CT molecular complexity index is 1710. The van der Waals surface area contributed by atoms with Crippen molar-refractivity contribution < 1.29 is 5.11 Å². The molecule has 8 nitrogen and oxygen atoms in total. The van der Waals surface area contributed by atoms with Gasteiger partial charge in [-0.2, -0.15) is 5.10 Å². The topological polar surface area (TPSA) is 112 Å². The maximum Gasteiger partial charge on any atom is 0.259 e. The first-order chi connectivity index (χ1) is 18.0. The van der Waals surface area contributed by atoms with Crippen molar-refractivity contribution in [1.29, 1.82) is 0 Å². The molecule has 3 heterocycles. The summed E-state index contributed by atoms with van der Waals surface area (Å²) in [6.07, 6.45) is 6.40. The summed E-state index contributed by atoms with van der Waals surface area (Å²) in [7, 11) is 0. The second-order valence-corrected chi connectivity index (χ2v) is 9.95. The van der Waals surface area contributed by atoms with Crippen molar-refractivity contribution in [2.24, 2.45) is 0 Å². The van der Waals surface area contributed by atoms with E-state index >= 15 is 0 Å². The Kier molecular flexibility index (Phi) is 5.67. The quantitative estimate of drug-likeness (QED) is 0.350. The van der Waals surface area contributed by atoms with E-state index in [1.807, 2.05) is 48.7 Å². The number of phenols is 1. The molecule has 8 heteroatoms. The van der Waals surface area contributed by atoms with Crippen LogP contribution in [0.15, 0.2) is 53.6 Å². The number of hydrogen-bond acceptors (Lipinski definition) is 6. The third-order valence-corrected chi connectivity index (χ3v) is 7.67. The van der Waals surface area contributed by atoms with Crippen LogP contribution in [0.1, 0.15) is 55.5 Å². The molecule has 0 bridgehead atoms. The summed E-state index contributed by atoms with van der Waals surface area (Å²) in [6.45, 7) is 4.36. The molecule has 0 atom stereocenters. The second-order valence-electron chi connectivity index (χ2n) is 9.95. The lowest BCUT2D eigenvalue weighted by Crippen LogP contribution is -2.28. The van der Waals surface area contributed by atoms with Gasteiger partial charge in [-0.15, -0.1) is 0 Å². The van der Waals surface area contributed by atoms with Crippen molar-refractivity contribution in [1.82, 2.24) is 24.3 Å². The van der Waals surface area contributed by atoms with Gasteiger partial charge in [0.2, 0.25) is 0 Å². The van der Waals surface area contributed by atoms with Crippen LogP contribution < -0.4 is 11.3 Å². The number of rotatable bonds is 5. The molecule has 1 aliphatic carbocycles. The SMILES string of the molecule is CCc1ccc(-c2nn(Cc3cc4cccc(C)c4c(=O)n3C3CCCC3)c3ncnc(N)c23)cc1O. The first kappa shape index (κ1) is 23.2. The number of hydrogen-bond donors (Lipinski definition) is 2. The summed E-state index contributed by atoms with van der Waals surface area (Å²) in [5, 5.41) is 17.8. The van der Waals surface area contributed by atoms with E-state index in [2.05, 4.69) is 16.0 Å². The number of aromatic hydroxyl groups is 1. The fraction of sp³-hybridized carbons (Fsp3) is 0.310. The third-order valence-electron chi connectivity index (χ3n) is 7.67. The number of nitrogens with two attached hydrogens (primary N) is 1. The van der Waals surface area contributed by atoms with Crippen molar-refractivity contribution in [3.05, 3.63) is 76.0 Å². The molecule has 3 aromatic heterocycles. The van der Waals surface area contributed by atoms with E-state index in [0.717, 1.165) is 65.3 Å². The van der Waals surface area contributed by atoms with Crippen molar-refractivity contribution in [2.75, 3.05) is 5.73 Å². The lowest BCUT2D eigenvalue weighted by atomic mass is 10.0. The molecule has 0 spiro atoms. The largest absolute Gasteiger partial charge is 0.508 e. The zero-order valence-electron chi connectivity index (χ0n) is 21.1. The molecule has 5 aromatic rings. The van der Waals surface area contributed by atoms with Crippen LogP contribution >= 0.6 is 0 Å². The molecule has 1 fully saturated rings. The summed E-state index contributed by atoms with van der Waals surface area (Å²) >= 11 is 0. The van der Waals surface area contributed by atoms with Gasteiger partial charge in [0, 0.05) is 17.3 Å². The van der Waals surface area contributed by atoms with Crippen LogP contribution in [0, 0.1) is 6.92 Å². The van der Waals surface area contributed by atoms with Crippen molar-refractivity contribution in [3.63, 3.8) is 0 Å². The molecule has 0 amide bonds. The Morgan fingerprint density at radius 2 is 1.89 bits per heavy atom. The minimum Gasteiger partial charge on any atom is -0.508 e. The number of benzene rings is 2. The lowest BCUT2D eigenvalue weighted by Gasteiger charge is -2.21. The van der Waals surface area contributed by atoms with Crippen LogP contribution in [0.5, 0.6) is 5.75 Å². The predicted octanol–water partition coefficient (Wildman–Crippen LogP) is 5.13. The molecule has 0 saturated heterocycles. The van der Waals surface area contributed by atoms with Gasteiger partial charge in [-0.3, -0.25) is 4.79 Å². The Morgan fingerprint density at radius 3 is 2.65 bits per heavy atom. The normalized spacial score (nSPS) is 14.2. The summed E-state index contributed by atoms with van der Waals surface area (Å²) < 4.78 is 3.79. The molecule has 37 heavy (non-hydrogen) atoms. The highest BCUT2D eigenvalue weighted by atomic mass is 16.3. The summed E-state index contributed by atoms with van der Waals surface area (Å²) in [4.78, 5) is 22.6. The minimum absolute atomic E-state index is 0.0587. The Balaban J connectivity index is 1.55. The van der Waals surface area contributed by atoms with Gasteiger partial charge in [0.1, 0.15) is 23.6 Å². The minimum atomic E-state index is 0.0587. The van der Waals surface area contributed by atoms with Crippen LogP contribution in [0.2, 0.25) is 0 Å². The first-order valence-corrected chi connectivity index (χ1v) is 12.9. The van der Waals surface area contributed by atoms with E-state index in [-0.39, 0.29) is 17.4 Å². The maximum atomic E-state index is 13.8. The summed E-state index contributed by atoms with van der Waals surface area (Å²) in [5.74, 6) is 0.547. The van der Waals surface area contributed by atoms with E-state index in [4.69, 9.17) is 10.8 Å². The molecule has 0 unspecified atom stereocenters. The van der Waals surface area contributed by atoms with Gasteiger partial charge in [0.05, 0.1) is 17.3 Å². The molecule has 0 aliphatic heterocycles. The number of nitrogen functional groups attached to an aromatic ring is 1. The average Bonchev–Trinajstić information content (AvgIpc) is 3.53. The zero-order valence-corrected chi connectivity index (χ0v) is 21.1. The number of phenolic OH excluding ortho intramolecular Hbond substituents is 1. The molecule has 1 saturated carbocycles. The van der Waals surface area contributed by atoms with Crippen LogP contribution in [-0.4, -0.2) is 29.4 Å². The molecular formula is C29H30N6O2. The van der Waals surface area contributed by atoms with Gasteiger partial charge in [-0.05, 0) is 54.8 Å². The van der Waals surface area contributed by atoms with Crippen molar-refractivity contribution >= 4 is 27.6 Å². The van der Waals surface area contributed by atoms with Gasteiger partial charge >= 0.3 is 0 Å². The van der Waals surface area contributed by atoms with Gasteiger partial charge in [0.15, 0.2) is 5.65 Å². The Labute approximate surface area is 214 Å². The number of aryl methyl sites for hydroxylation is 2. The van der Waals surface area contributed by atoms with Crippen LogP contribution in [0.3, 0.4) is 0 Å². The van der Waals surface area contributed by atoms with E-state index in [1.165, 1.54) is 6.33 Å². The van der Waals surface area contributed by atoms with Gasteiger partial charge in [-0.1, -0.05) is 50.1 Å². The standard InChI is InChI=1S/C29H30N6O2/c1-3-18-11-12-20(14-23(18)36)26-25-27(30)31-16-32-28(25)34(33-26)15-22-13-19-8-6-7-17(2)24(19)29(37)35(22)21-9-4-5-10-21/h6-8,11-14,16,21,36H,3-5,9-10,15H2,1-2H3,(H2,30,31,32). The van der Waals surface area contributed by atoms with Crippen LogP contribution in [0.4, 0.5) is 5.82 Å². The highest BCUT2D eigenvalue weighted by molar-refractivity contribution is 5.98. The fourth-order valence-electron chi connectivity index (χ4n) is 5.79. The van der Waals surface area contributed by atoms with Gasteiger partial charge < -0.3 is 15.4 Å². The zero-order chi connectivity index (χ0) is 25.7. The van der Waals surface area contributed by atoms with E-state index in [1.54, 1.807) is 10.7 Å². The molecule has 1 aliphatic rings. The molecule has 0 radical (unpaired) electrons. The highest BCUT2D eigenvalue weighted by Gasteiger charge is 2.24. The first-order valence-electron chi connectivity index (χ1n) is 12.9. The monoisotopic (exact) mass is 494 g/mol. The highest BCUT2D eigenvalue weighted by Crippen LogP contribution is 2.35. The molecule has 188 valence electrons. The summed E-state index contributed by atoms with van der Waals surface area (Å²) in [5.41, 5.74) is 11.1. The second kappa shape index (κ2) is 9.03. The lowest BCUT2D eigenvalue weighted by molar-refractivity contribution is 0.469. The van der Waals surface area contributed by atoms with Gasteiger partial charge in [0.25, 0.3) is 5.56 Å². The Hall–Kier alpha value is -4.20. The molecule has 2 aromatic carbocycles. The van der Waals surface area contributed by atoms with E-state index < -0.39 is 0 Å². The number of anilines is 1. The molecule has 3 N–H and O–H groups in total.